The predicted octanol–water partition coefficient (Wildman–Crippen LogP) is -2.77. The second-order valence-corrected chi connectivity index (χ2v) is 8.14. The van der Waals surface area contributed by atoms with Crippen LogP contribution in [0.1, 0.15) is 51.4 Å². The molecule has 0 aromatic heterocycles. The Morgan fingerprint density at radius 3 is 2.18 bits per heavy atom. The molecular weight excluding hydrogens is 452 g/mol. The second kappa shape index (κ2) is 14.1. The molecule has 1 fully saturated rings. The minimum Gasteiger partial charge on any atom is -0.481 e. The summed E-state index contributed by atoms with van der Waals surface area (Å²) in [6.45, 7) is 0.546. The number of aliphatic carboxylic acids is 2. The maximum Gasteiger partial charge on any atom is 0.326 e. The van der Waals surface area contributed by atoms with Crippen LogP contribution >= 0.6 is 0 Å². The molecule has 192 valence electrons. The summed E-state index contributed by atoms with van der Waals surface area (Å²) in [4.78, 5) is 73.2. The zero-order chi connectivity index (χ0) is 25.8. The second-order valence-electron chi connectivity index (χ2n) is 8.14. The van der Waals surface area contributed by atoms with Crippen LogP contribution in [0.15, 0.2) is 0 Å². The van der Waals surface area contributed by atoms with Gasteiger partial charge in [-0.1, -0.05) is 6.42 Å². The maximum absolute atomic E-state index is 12.9. The summed E-state index contributed by atoms with van der Waals surface area (Å²) in [6.07, 6.45) is 0.790. The van der Waals surface area contributed by atoms with Crippen molar-refractivity contribution in [2.75, 3.05) is 13.1 Å². The Bertz CT molecular complexity index is 776. The van der Waals surface area contributed by atoms with Gasteiger partial charge in [0.2, 0.25) is 23.6 Å². The van der Waals surface area contributed by atoms with Gasteiger partial charge in [0.05, 0.1) is 12.5 Å². The molecule has 0 saturated carbocycles. The summed E-state index contributed by atoms with van der Waals surface area (Å²) in [7, 11) is 0. The molecule has 4 amide bonds. The lowest BCUT2D eigenvalue weighted by molar-refractivity contribution is -0.149. The molecule has 0 aromatic rings. The lowest BCUT2D eigenvalue weighted by Crippen LogP contribution is -2.57. The fourth-order valence-corrected chi connectivity index (χ4v) is 3.62. The van der Waals surface area contributed by atoms with Gasteiger partial charge >= 0.3 is 11.9 Å². The highest BCUT2D eigenvalue weighted by molar-refractivity contribution is 5.96. The number of carboxylic acids is 2. The van der Waals surface area contributed by atoms with E-state index in [9.17, 15) is 33.9 Å². The zero-order valence-corrected chi connectivity index (χ0v) is 18.9. The number of likely N-dealkylation sites (tertiary alicyclic amines) is 1. The third kappa shape index (κ3) is 9.31. The van der Waals surface area contributed by atoms with Gasteiger partial charge in [0.15, 0.2) is 0 Å². The number of hydrogen-bond acceptors (Lipinski definition) is 8. The molecule has 1 saturated heterocycles. The quantitative estimate of drug-likeness (QED) is 0.117. The first-order valence-corrected chi connectivity index (χ1v) is 11.1. The molecule has 10 N–H and O–H groups in total. The van der Waals surface area contributed by atoms with Gasteiger partial charge in [0, 0.05) is 13.0 Å². The molecule has 1 aliphatic heterocycles. The number of unbranched alkanes of at least 4 members (excludes halogenated alkanes) is 1. The molecular formula is C20H34N6O8. The lowest BCUT2D eigenvalue weighted by Gasteiger charge is -2.28. The number of amides is 4. The molecule has 0 aromatic carbocycles. The van der Waals surface area contributed by atoms with E-state index in [0.717, 1.165) is 4.90 Å². The average Bonchev–Trinajstić information content (AvgIpc) is 3.25. The molecule has 0 radical (unpaired) electrons. The third-order valence-corrected chi connectivity index (χ3v) is 5.43. The van der Waals surface area contributed by atoms with Crippen molar-refractivity contribution in [3.8, 4) is 0 Å². The monoisotopic (exact) mass is 486 g/mol. The SMILES string of the molecule is NCCCCC(N)C(=O)NC(CCC(=O)O)C(=O)NC(CC(N)=O)C(=O)N1CCCC1C(=O)O. The summed E-state index contributed by atoms with van der Waals surface area (Å²) in [5.41, 5.74) is 16.4. The van der Waals surface area contributed by atoms with Crippen molar-refractivity contribution in [3.63, 3.8) is 0 Å². The van der Waals surface area contributed by atoms with Gasteiger partial charge < -0.3 is 42.9 Å². The van der Waals surface area contributed by atoms with E-state index in [-0.39, 0.29) is 19.4 Å². The van der Waals surface area contributed by atoms with Crippen LogP contribution in [0.25, 0.3) is 0 Å². The summed E-state index contributed by atoms with van der Waals surface area (Å²) in [5.74, 6) is -5.77. The van der Waals surface area contributed by atoms with Crippen LogP contribution in [-0.2, 0) is 28.8 Å². The highest BCUT2D eigenvalue weighted by atomic mass is 16.4. The van der Waals surface area contributed by atoms with Crippen LogP contribution in [-0.4, -0.2) is 87.9 Å². The van der Waals surface area contributed by atoms with Gasteiger partial charge in [0.1, 0.15) is 18.1 Å². The number of primary amides is 1. The molecule has 1 heterocycles. The first kappa shape index (κ1) is 28.8. The van der Waals surface area contributed by atoms with Gasteiger partial charge in [0.25, 0.3) is 0 Å². The highest BCUT2D eigenvalue weighted by Crippen LogP contribution is 2.19. The van der Waals surface area contributed by atoms with E-state index < -0.39 is 72.6 Å². The van der Waals surface area contributed by atoms with Crippen LogP contribution in [0.2, 0.25) is 0 Å². The van der Waals surface area contributed by atoms with Crippen molar-refractivity contribution in [3.05, 3.63) is 0 Å². The van der Waals surface area contributed by atoms with E-state index in [0.29, 0.717) is 32.2 Å². The predicted molar refractivity (Wildman–Crippen MR) is 118 cm³/mol. The number of rotatable bonds is 15. The van der Waals surface area contributed by atoms with Crippen LogP contribution in [0.5, 0.6) is 0 Å². The van der Waals surface area contributed by atoms with Gasteiger partial charge in [-0.2, -0.15) is 0 Å². The largest absolute Gasteiger partial charge is 0.481 e. The number of carbonyl (C=O) groups is 6. The number of carbonyl (C=O) groups excluding carboxylic acids is 4. The molecule has 4 unspecified atom stereocenters. The van der Waals surface area contributed by atoms with E-state index in [1.807, 2.05) is 0 Å². The van der Waals surface area contributed by atoms with Gasteiger partial charge in [-0.25, -0.2) is 4.79 Å². The minimum absolute atomic E-state index is 0.123. The van der Waals surface area contributed by atoms with E-state index in [1.54, 1.807) is 0 Å². The van der Waals surface area contributed by atoms with Crippen LogP contribution < -0.4 is 27.8 Å². The Balaban J connectivity index is 2.97. The molecule has 0 spiro atoms. The lowest BCUT2D eigenvalue weighted by atomic mass is 10.1. The van der Waals surface area contributed by atoms with Crippen molar-refractivity contribution >= 4 is 35.6 Å². The van der Waals surface area contributed by atoms with Gasteiger partial charge in [-0.15, -0.1) is 0 Å². The number of carboxylic acid groups (broad SMARTS) is 2. The average molecular weight is 487 g/mol. The molecule has 1 aliphatic rings. The number of nitrogens with one attached hydrogen (secondary N) is 2. The first-order valence-electron chi connectivity index (χ1n) is 11.1. The van der Waals surface area contributed by atoms with E-state index in [2.05, 4.69) is 10.6 Å². The Morgan fingerprint density at radius 1 is 0.971 bits per heavy atom. The fraction of sp³-hybridized carbons (Fsp3) is 0.700. The summed E-state index contributed by atoms with van der Waals surface area (Å²) < 4.78 is 0. The Kier molecular flexibility index (Phi) is 11.9. The number of hydrogen-bond donors (Lipinski definition) is 7. The number of nitrogens with zero attached hydrogens (tertiary/aromatic N) is 1. The zero-order valence-electron chi connectivity index (χ0n) is 18.9. The topological polar surface area (TPSA) is 248 Å². The van der Waals surface area contributed by atoms with E-state index in [1.165, 1.54) is 0 Å². The molecule has 4 atom stereocenters. The number of nitrogens with two attached hydrogens (primary N) is 3. The summed E-state index contributed by atoms with van der Waals surface area (Å²) in [5, 5.41) is 23.0. The Hall–Kier alpha value is -3.26. The van der Waals surface area contributed by atoms with Crippen molar-refractivity contribution in [1.29, 1.82) is 0 Å². The molecule has 34 heavy (non-hydrogen) atoms. The first-order chi connectivity index (χ1) is 16.0. The molecule has 14 heteroatoms. The van der Waals surface area contributed by atoms with Crippen molar-refractivity contribution in [2.45, 2.75) is 75.5 Å². The van der Waals surface area contributed by atoms with Gasteiger partial charge in [-0.05, 0) is 38.6 Å². The normalized spacial score (nSPS) is 17.9. The maximum atomic E-state index is 12.9. The van der Waals surface area contributed by atoms with E-state index in [4.69, 9.17) is 22.3 Å². The highest BCUT2D eigenvalue weighted by Gasteiger charge is 2.39. The van der Waals surface area contributed by atoms with Crippen molar-refractivity contribution in [1.82, 2.24) is 15.5 Å². The van der Waals surface area contributed by atoms with Crippen LogP contribution in [0.4, 0.5) is 0 Å². The summed E-state index contributed by atoms with van der Waals surface area (Å²) >= 11 is 0. The standard InChI is InChI=1S/C20H34N6O8/c21-8-2-1-4-11(22)17(30)24-12(6-7-16(28)29)18(31)25-13(10-15(23)27)19(32)26-9-3-5-14(26)20(33)34/h11-14H,1-10,21-22H2,(H2,23,27)(H,24,30)(H,25,31)(H,28,29)(H,33,34). The minimum atomic E-state index is -1.48. The fourth-order valence-electron chi connectivity index (χ4n) is 3.62. The third-order valence-electron chi connectivity index (χ3n) is 5.43. The smallest absolute Gasteiger partial charge is 0.326 e. The summed E-state index contributed by atoms with van der Waals surface area (Å²) in [6, 6.07) is -4.90. The molecule has 0 aliphatic carbocycles. The van der Waals surface area contributed by atoms with Crippen molar-refractivity contribution in [2.24, 2.45) is 17.2 Å². The Labute approximate surface area is 196 Å². The van der Waals surface area contributed by atoms with Crippen molar-refractivity contribution < 1.29 is 39.0 Å². The van der Waals surface area contributed by atoms with E-state index >= 15 is 0 Å². The van der Waals surface area contributed by atoms with Gasteiger partial charge in [-0.3, -0.25) is 24.0 Å². The van der Waals surface area contributed by atoms with Crippen LogP contribution in [0, 0.1) is 0 Å². The van der Waals surface area contributed by atoms with Crippen LogP contribution in [0.3, 0.4) is 0 Å². The molecule has 14 nitrogen and oxygen atoms in total. The molecule has 0 bridgehead atoms. The Morgan fingerprint density at radius 2 is 1.62 bits per heavy atom. The molecule has 1 rings (SSSR count).